The second-order valence-corrected chi connectivity index (χ2v) is 6.47. The molecule has 0 aliphatic carbocycles. The predicted molar refractivity (Wildman–Crippen MR) is 79.0 cm³/mol. The largest absolute Gasteiger partial charge is 0.345 e. The molecule has 0 saturated carbocycles. The van der Waals surface area contributed by atoms with Gasteiger partial charge in [-0.2, -0.15) is 9.98 Å². The van der Waals surface area contributed by atoms with Crippen molar-refractivity contribution in [3.8, 4) is 6.07 Å². The van der Waals surface area contributed by atoms with Gasteiger partial charge in [0.1, 0.15) is 0 Å². The minimum absolute atomic E-state index is 0.0697. The van der Waals surface area contributed by atoms with Crippen LogP contribution in [0.2, 0.25) is 0 Å². The highest BCUT2D eigenvalue weighted by Crippen LogP contribution is 2.16. The fraction of sp³-hybridized carbons (Fsp3) is 0.429. The molecule has 6 nitrogen and oxygen atoms in total. The molecule has 0 aliphatic heterocycles. The van der Waals surface area contributed by atoms with Crippen LogP contribution in [0.5, 0.6) is 0 Å². The first-order valence-electron chi connectivity index (χ1n) is 6.51. The molecule has 0 fully saturated rings. The third-order valence-electron chi connectivity index (χ3n) is 3.15. The van der Waals surface area contributed by atoms with E-state index in [9.17, 15) is 13.2 Å². The topological polar surface area (TPSA) is 90.3 Å². The SMILES string of the molecule is CCN(C)C(=O)C(C)NS(=O)(=O)c1ccc(C#N)cc1C. The summed E-state index contributed by atoms with van der Waals surface area (Å²) >= 11 is 0. The van der Waals surface area contributed by atoms with E-state index in [1.54, 1.807) is 14.0 Å². The van der Waals surface area contributed by atoms with Crippen LogP contribution >= 0.6 is 0 Å². The van der Waals surface area contributed by atoms with E-state index in [-0.39, 0.29) is 10.8 Å². The maximum absolute atomic E-state index is 12.3. The number of sulfonamides is 1. The molecule has 7 heteroatoms. The molecule has 1 aromatic carbocycles. The normalized spacial score (nSPS) is 12.5. The fourth-order valence-corrected chi connectivity index (χ4v) is 3.28. The number of likely N-dealkylation sites (N-methyl/N-ethyl adjacent to an activating group) is 1. The molecule has 0 aromatic heterocycles. The molecule has 21 heavy (non-hydrogen) atoms. The maximum Gasteiger partial charge on any atom is 0.241 e. The molecule has 1 N–H and O–H groups in total. The number of hydrogen-bond acceptors (Lipinski definition) is 4. The lowest BCUT2D eigenvalue weighted by Gasteiger charge is -2.21. The monoisotopic (exact) mass is 309 g/mol. The van der Waals surface area contributed by atoms with Crippen LogP contribution < -0.4 is 4.72 Å². The molecular weight excluding hydrogens is 290 g/mol. The van der Waals surface area contributed by atoms with E-state index in [4.69, 9.17) is 5.26 Å². The summed E-state index contributed by atoms with van der Waals surface area (Å²) < 4.78 is 27.0. The van der Waals surface area contributed by atoms with Crippen LogP contribution in [-0.4, -0.2) is 38.9 Å². The Labute approximate surface area is 125 Å². The van der Waals surface area contributed by atoms with Crippen LogP contribution in [0.25, 0.3) is 0 Å². The smallest absolute Gasteiger partial charge is 0.241 e. The summed E-state index contributed by atoms with van der Waals surface area (Å²) in [5.74, 6) is -0.299. The van der Waals surface area contributed by atoms with E-state index in [2.05, 4.69) is 4.72 Å². The van der Waals surface area contributed by atoms with E-state index in [1.165, 1.54) is 30.0 Å². The number of hydrogen-bond donors (Lipinski definition) is 1. The number of benzene rings is 1. The maximum atomic E-state index is 12.3. The van der Waals surface area contributed by atoms with E-state index >= 15 is 0 Å². The van der Waals surface area contributed by atoms with E-state index < -0.39 is 16.1 Å². The zero-order valence-corrected chi connectivity index (χ0v) is 13.4. The standard InChI is InChI=1S/C14H19N3O3S/c1-5-17(4)14(18)11(3)16-21(19,20)13-7-6-12(9-15)8-10(13)2/h6-8,11,16H,5H2,1-4H3. The van der Waals surface area contributed by atoms with Crippen LogP contribution in [0.3, 0.4) is 0 Å². The number of nitrogens with zero attached hydrogens (tertiary/aromatic N) is 2. The second kappa shape index (κ2) is 6.70. The first kappa shape index (κ1) is 17.1. The van der Waals surface area contributed by atoms with E-state index in [0.717, 1.165) is 0 Å². The Balaban J connectivity index is 3.03. The average molecular weight is 309 g/mol. The summed E-state index contributed by atoms with van der Waals surface area (Å²) in [6.07, 6.45) is 0. The molecule has 114 valence electrons. The molecular formula is C14H19N3O3S. The summed E-state index contributed by atoms with van der Waals surface area (Å²) in [4.78, 5) is 13.4. The molecule has 0 heterocycles. The number of aryl methyl sites for hydroxylation is 1. The molecule has 0 bridgehead atoms. The Morgan fingerprint density at radius 2 is 2.10 bits per heavy atom. The van der Waals surface area contributed by atoms with Crippen molar-refractivity contribution in [2.45, 2.75) is 31.7 Å². The number of amides is 1. The van der Waals surface area contributed by atoms with Crippen LogP contribution in [0.15, 0.2) is 23.1 Å². The Hall–Kier alpha value is -1.91. The van der Waals surface area contributed by atoms with Gasteiger partial charge in [0.2, 0.25) is 15.9 Å². The summed E-state index contributed by atoms with van der Waals surface area (Å²) in [5.41, 5.74) is 0.853. The zero-order valence-electron chi connectivity index (χ0n) is 12.5. The van der Waals surface area contributed by atoms with Crippen molar-refractivity contribution in [2.75, 3.05) is 13.6 Å². The van der Waals surface area contributed by atoms with Crippen molar-refractivity contribution in [1.29, 1.82) is 5.26 Å². The Bertz CT molecular complexity index is 677. The van der Waals surface area contributed by atoms with E-state index in [0.29, 0.717) is 17.7 Å². The van der Waals surface area contributed by atoms with Crippen LogP contribution in [0, 0.1) is 18.3 Å². The van der Waals surface area contributed by atoms with Gasteiger partial charge in [0, 0.05) is 13.6 Å². The third kappa shape index (κ3) is 4.03. The van der Waals surface area contributed by atoms with Gasteiger partial charge in [-0.25, -0.2) is 8.42 Å². The molecule has 0 saturated heterocycles. The van der Waals surface area contributed by atoms with Gasteiger partial charge in [0.25, 0.3) is 0 Å². The van der Waals surface area contributed by atoms with Crippen molar-refractivity contribution in [3.05, 3.63) is 29.3 Å². The molecule has 1 amide bonds. The van der Waals surface area contributed by atoms with Gasteiger partial charge < -0.3 is 4.90 Å². The van der Waals surface area contributed by atoms with Crippen molar-refractivity contribution in [1.82, 2.24) is 9.62 Å². The van der Waals surface area contributed by atoms with Crippen molar-refractivity contribution < 1.29 is 13.2 Å². The lowest BCUT2D eigenvalue weighted by molar-refractivity contribution is -0.131. The predicted octanol–water partition coefficient (Wildman–Crippen LogP) is 1.01. The summed E-state index contributed by atoms with van der Waals surface area (Å²) in [6.45, 7) is 5.43. The zero-order chi connectivity index (χ0) is 16.2. The van der Waals surface area contributed by atoms with Crippen molar-refractivity contribution >= 4 is 15.9 Å². The Morgan fingerprint density at radius 1 is 1.48 bits per heavy atom. The number of carbonyl (C=O) groups is 1. The summed E-state index contributed by atoms with van der Waals surface area (Å²) in [7, 11) is -2.20. The van der Waals surface area contributed by atoms with Crippen molar-refractivity contribution in [3.63, 3.8) is 0 Å². The quantitative estimate of drug-likeness (QED) is 0.879. The molecule has 0 spiro atoms. The highest BCUT2D eigenvalue weighted by molar-refractivity contribution is 7.89. The molecule has 0 radical (unpaired) electrons. The molecule has 1 unspecified atom stereocenters. The summed E-state index contributed by atoms with van der Waals surface area (Å²) in [6, 6.07) is 5.41. The lowest BCUT2D eigenvalue weighted by Crippen LogP contribution is -2.45. The highest BCUT2D eigenvalue weighted by Gasteiger charge is 2.24. The Kier molecular flexibility index (Phi) is 5.47. The third-order valence-corrected chi connectivity index (χ3v) is 4.85. The average Bonchev–Trinajstić information content (AvgIpc) is 2.44. The minimum atomic E-state index is -3.81. The number of rotatable bonds is 5. The fourth-order valence-electron chi connectivity index (χ4n) is 1.85. The second-order valence-electron chi connectivity index (χ2n) is 4.79. The van der Waals surface area contributed by atoms with Gasteiger partial charge in [-0.1, -0.05) is 0 Å². The summed E-state index contributed by atoms with van der Waals surface area (Å²) in [5, 5.41) is 8.80. The van der Waals surface area contributed by atoms with Gasteiger partial charge in [0.15, 0.2) is 0 Å². The molecule has 1 aromatic rings. The van der Waals surface area contributed by atoms with Gasteiger partial charge in [-0.05, 0) is 44.5 Å². The first-order chi connectivity index (χ1) is 9.72. The van der Waals surface area contributed by atoms with Crippen LogP contribution in [-0.2, 0) is 14.8 Å². The lowest BCUT2D eigenvalue weighted by atomic mass is 10.2. The van der Waals surface area contributed by atoms with Crippen LogP contribution in [0.1, 0.15) is 25.0 Å². The number of carbonyl (C=O) groups excluding carboxylic acids is 1. The Morgan fingerprint density at radius 3 is 2.57 bits per heavy atom. The molecule has 1 rings (SSSR count). The van der Waals surface area contributed by atoms with Crippen LogP contribution in [0.4, 0.5) is 0 Å². The van der Waals surface area contributed by atoms with Gasteiger partial charge in [-0.15, -0.1) is 0 Å². The number of nitrogens with one attached hydrogen (secondary N) is 1. The van der Waals surface area contributed by atoms with Gasteiger partial charge >= 0.3 is 0 Å². The molecule has 1 atom stereocenters. The molecule has 0 aliphatic rings. The van der Waals surface area contributed by atoms with Crippen molar-refractivity contribution in [2.24, 2.45) is 0 Å². The number of nitriles is 1. The minimum Gasteiger partial charge on any atom is -0.345 e. The van der Waals surface area contributed by atoms with Gasteiger partial charge in [0.05, 0.1) is 22.6 Å². The first-order valence-corrected chi connectivity index (χ1v) is 7.99. The highest BCUT2D eigenvalue weighted by atomic mass is 32.2. The van der Waals surface area contributed by atoms with Gasteiger partial charge in [-0.3, -0.25) is 4.79 Å². The van der Waals surface area contributed by atoms with E-state index in [1.807, 2.05) is 13.0 Å².